The fourth-order valence-electron chi connectivity index (χ4n) is 0.627. The average molecular weight is 397 g/mol. The van der Waals surface area contributed by atoms with Crippen LogP contribution in [-0.2, 0) is 10.1 Å². The molecule has 0 saturated carbocycles. The molecule has 0 bridgehead atoms. The first-order chi connectivity index (χ1) is 5.00. The molecule has 1 N–H and O–H groups in total. The van der Waals surface area contributed by atoms with Gasteiger partial charge in [-0.05, 0) is 18.2 Å². The summed E-state index contributed by atoms with van der Waals surface area (Å²) in [4.78, 5) is -0.190. The predicted octanol–water partition coefficient (Wildman–Crippen LogP) is 1.21. The van der Waals surface area contributed by atoms with Crippen LogP contribution < -0.4 is 0 Å². The SMILES string of the molecule is O=S(=O)(O)c1cccc(Cl)c1.[Tl]. The Labute approximate surface area is 95.6 Å². The minimum atomic E-state index is -4.11. The molecule has 0 aliphatic heterocycles. The molecule has 0 fully saturated rings. The summed E-state index contributed by atoms with van der Waals surface area (Å²) in [5.74, 6) is 0. The molecule has 0 aliphatic carbocycles. The molecule has 0 heterocycles. The largest absolute Gasteiger partial charge is 0.294 e. The van der Waals surface area contributed by atoms with Gasteiger partial charge >= 0.3 is 0 Å². The van der Waals surface area contributed by atoms with Crippen molar-refractivity contribution in [1.29, 1.82) is 0 Å². The van der Waals surface area contributed by atoms with Gasteiger partial charge in [-0.3, -0.25) is 4.55 Å². The van der Waals surface area contributed by atoms with Gasteiger partial charge in [0, 0.05) is 32.3 Å². The van der Waals surface area contributed by atoms with Gasteiger partial charge in [0.15, 0.2) is 0 Å². The molecule has 0 aromatic heterocycles. The third-order valence-electron chi connectivity index (χ3n) is 1.09. The quantitative estimate of drug-likeness (QED) is 0.573. The minimum absolute atomic E-state index is 0. The minimum Gasteiger partial charge on any atom is -0.282 e. The first kappa shape index (κ1) is 12.3. The molecule has 0 unspecified atom stereocenters. The predicted molar refractivity (Wildman–Crippen MR) is 47.0 cm³/mol. The van der Waals surface area contributed by atoms with Crippen molar-refractivity contribution in [3.63, 3.8) is 0 Å². The van der Waals surface area contributed by atoms with Crippen LogP contribution in [0.4, 0.5) is 0 Å². The van der Waals surface area contributed by atoms with E-state index in [1.165, 1.54) is 24.3 Å². The van der Waals surface area contributed by atoms with Crippen LogP contribution in [0.15, 0.2) is 29.2 Å². The maximum atomic E-state index is 10.5. The Balaban J connectivity index is 0.00000121. The molecule has 0 spiro atoms. The van der Waals surface area contributed by atoms with E-state index in [1.54, 1.807) is 0 Å². The molecule has 0 amide bonds. The van der Waals surface area contributed by atoms with Crippen LogP contribution in [0.25, 0.3) is 0 Å². The van der Waals surface area contributed by atoms with E-state index in [4.69, 9.17) is 16.2 Å². The van der Waals surface area contributed by atoms with Gasteiger partial charge in [0.2, 0.25) is 0 Å². The maximum absolute atomic E-state index is 10.5. The first-order valence-electron chi connectivity index (χ1n) is 2.73. The summed E-state index contributed by atoms with van der Waals surface area (Å²) in [7, 11) is -4.11. The van der Waals surface area contributed by atoms with Gasteiger partial charge in [-0.1, -0.05) is 17.7 Å². The van der Waals surface area contributed by atoms with Crippen LogP contribution in [-0.4, -0.2) is 40.3 Å². The second-order valence-electron chi connectivity index (χ2n) is 1.93. The van der Waals surface area contributed by atoms with E-state index in [0.717, 1.165) is 0 Å². The van der Waals surface area contributed by atoms with Crippen molar-refractivity contribution in [1.82, 2.24) is 0 Å². The normalized spacial score (nSPS) is 10.5. The van der Waals surface area contributed by atoms with E-state index >= 15 is 0 Å². The van der Waals surface area contributed by atoms with E-state index in [0.29, 0.717) is 0 Å². The van der Waals surface area contributed by atoms with Crippen molar-refractivity contribution in [3.05, 3.63) is 29.3 Å². The van der Waals surface area contributed by atoms with Crippen molar-refractivity contribution < 1.29 is 13.0 Å². The topological polar surface area (TPSA) is 54.4 Å². The van der Waals surface area contributed by atoms with Gasteiger partial charge in [-0.2, -0.15) is 8.42 Å². The van der Waals surface area contributed by atoms with Crippen molar-refractivity contribution in [2.75, 3.05) is 0 Å². The molecule has 63 valence electrons. The molecule has 1 radical (unpaired) electrons. The third kappa shape index (κ3) is 3.38. The Kier molecular flexibility index (Phi) is 4.67. The summed E-state index contributed by atoms with van der Waals surface area (Å²) >= 11 is 5.48. The van der Waals surface area contributed by atoms with Crippen LogP contribution in [0.1, 0.15) is 0 Å². The molecule has 3 nitrogen and oxygen atoms in total. The summed E-state index contributed by atoms with van der Waals surface area (Å²) in [5.41, 5.74) is 0. The summed E-state index contributed by atoms with van der Waals surface area (Å²) in [5, 5.41) is 0.278. The van der Waals surface area contributed by atoms with E-state index in [2.05, 4.69) is 0 Å². The van der Waals surface area contributed by atoms with Gasteiger partial charge in [-0.25, -0.2) is 0 Å². The van der Waals surface area contributed by atoms with Crippen molar-refractivity contribution in [2.45, 2.75) is 4.90 Å². The Bertz CT molecular complexity index is 363. The van der Waals surface area contributed by atoms with E-state index in [9.17, 15) is 8.42 Å². The summed E-state index contributed by atoms with van der Waals surface area (Å²) < 4.78 is 29.5. The van der Waals surface area contributed by atoms with E-state index in [1.807, 2.05) is 0 Å². The van der Waals surface area contributed by atoms with Gasteiger partial charge < -0.3 is 0 Å². The Morgan fingerprint density at radius 2 is 1.92 bits per heavy atom. The number of hydrogen-bond donors (Lipinski definition) is 1. The summed E-state index contributed by atoms with van der Waals surface area (Å²) in [6.45, 7) is 0. The average Bonchev–Trinajstić information content (AvgIpc) is 1.86. The second kappa shape index (κ2) is 4.54. The smallest absolute Gasteiger partial charge is 0.282 e. The molecule has 0 aliphatic rings. The Hall–Kier alpha value is 0.342. The van der Waals surface area contributed by atoms with E-state index in [-0.39, 0.29) is 37.2 Å². The second-order valence-corrected chi connectivity index (χ2v) is 3.79. The van der Waals surface area contributed by atoms with Crippen LogP contribution in [0.5, 0.6) is 0 Å². The maximum Gasteiger partial charge on any atom is 0.294 e. The van der Waals surface area contributed by atoms with Crippen molar-refractivity contribution >= 4 is 49.0 Å². The fourth-order valence-corrected chi connectivity index (χ4v) is 1.41. The Morgan fingerprint density at radius 1 is 1.33 bits per heavy atom. The zero-order valence-electron chi connectivity index (χ0n) is 5.94. The molecule has 12 heavy (non-hydrogen) atoms. The molecule has 1 aromatic rings. The van der Waals surface area contributed by atoms with Gasteiger partial charge in [-0.15, -0.1) is 0 Å². The fraction of sp³-hybridized carbons (Fsp3) is 0. The molecular formula is C6H5ClO3STl. The first-order valence-corrected chi connectivity index (χ1v) is 4.55. The van der Waals surface area contributed by atoms with E-state index < -0.39 is 10.1 Å². The third-order valence-corrected chi connectivity index (χ3v) is 2.18. The number of hydrogen-bond acceptors (Lipinski definition) is 2. The van der Waals surface area contributed by atoms with Crippen molar-refractivity contribution in [2.24, 2.45) is 0 Å². The zero-order chi connectivity index (χ0) is 8.48. The molecule has 0 saturated heterocycles. The Morgan fingerprint density at radius 3 is 2.25 bits per heavy atom. The number of halogens is 1. The van der Waals surface area contributed by atoms with Gasteiger partial charge in [0.05, 0.1) is 4.90 Å². The molecular weight excluding hydrogens is 392 g/mol. The van der Waals surface area contributed by atoms with Crippen LogP contribution in [0.3, 0.4) is 0 Å². The van der Waals surface area contributed by atoms with Crippen molar-refractivity contribution in [3.8, 4) is 0 Å². The van der Waals surface area contributed by atoms with Crippen LogP contribution >= 0.6 is 11.6 Å². The van der Waals surface area contributed by atoms with Crippen LogP contribution in [0.2, 0.25) is 5.02 Å². The monoisotopic (exact) mass is 397 g/mol. The molecule has 1 aromatic carbocycles. The van der Waals surface area contributed by atoms with Gasteiger partial charge in [0.1, 0.15) is 0 Å². The standard InChI is InChI=1S/C6H5ClO3S.Tl/c7-5-2-1-3-6(4-5)11(8,9)10;/h1-4H,(H,8,9,10);. The number of benzene rings is 1. The zero-order valence-corrected chi connectivity index (χ0v) is 12.0. The summed E-state index contributed by atoms with van der Waals surface area (Å²) in [6, 6.07) is 5.42. The molecule has 6 heteroatoms. The molecule has 0 atom stereocenters. The molecule has 1 rings (SSSR count). The van der Waals surface area contributed by atoms with Gasteiger partial charge in [0.25, 0.3) is 10.1 Å². The number of rotatable bonds is 1. The summed E-state index contributed by atoms with van der Waals surface area (Å²) in [6.07, 6.45) is 0. The van der Waals surface area contributed by atoms with Crippen LogP contribution in [0, 0.1) is 0 Å².